The number of nitrogens with zero attached hydrogens (tertiary/aromatic N) is 4. The molecule has 3 N–H and O–H groups in total. The van der Waals surface area contributed by atoms with Gasteiger partial charge in [0, 0.05) is 58.2 Å². The number of aliphatic hydroxyl groups is 1. The number of carbonyl (C=O) groups excluding carboxylic acids is 1. The Morgan fingerprint density at radius 1 is 1.12 bits per heavy atom. The predicted molar refractivity (Wildman–Crippen MR) is 151 cm³/mol. The van der Waals surface area contributed by atoms with Crippen LogP contribution in [0.25, 0.3) is 11.1 Å². The number of anilines is 1. The summed E-state index contributed by atoms with van der Waals surface area (Å²) in [5.74, 6) is 0.414. The lowest BCUT2D eigenvalue weighted by Crippen LogP contribution is -2.35. The van der Waals surface area contributed by atoms with Crippen molar-refractivity contribution < 1.29 is 32.5 Å². The number of amides is 2. The van der Waals surface area contributed by atoms with E-state index in [1.54, 1.807) is 37.4 Å². The van der Waals surface area contributed by atoms with Crippen LogP contribution < -0.4 is 14.8 Å². The summed E-state index contributed by atoms with van der Waals surface area (Å²) in [6, 6.07) is 7.77. The first-order valence-corrected chi connectivity index (χ1v) is 14.6. The molecule has 0 spiro atoms. The lowest BCUT2D eigenvalue weighted by atomic mass is 9.98. The molecule has 3 aromatic rings. The largest absolute Gasteiger partial charge is 0.481 e. The van der Waals surface area contributed by atoms with Crippen molar-refractivity contribution in [3.63, 3.8) is 0 Å². The molecular weight excluding hydrogens is 552 g/mol. The highest BCUT2D eigenvalue weighted by Crippen LogP contribution is 2.38. The van der Waals surface area contributed by atoms with Gasteiger partial charge in [-0.25, -0.2) is 14.5 Å². The fourth-order valence-electron chi connectivity index (χ4n) is 4.84. The van der Waals surface area contributed by atoms with Gasteiger partial charge in [0.1, 0.15) is 6.23 Å². The lowest BCUT2D eigenvalue weighted by Gasteiger charge is -2.27. The Morgan fingerprint density at radius 2 is 1.85 bits per heavy atom. The summed E-state index contributed by atoms with van der Waals surface area (Å²) < 4.78 is 45.2. The molecule has 41 heavy (non-hydrogen) atoms. The Morgan fingerprint density at radius 3 is 2.54 bits per heavy atom. The Kier molecular flexibility index (Phi) is 9.94. The summed E-state index contributed by atoms with van der Waals surface area (Å²) in [5.41, 5.74) is 4.30. The van der Waals surface area contributed by atoms with Crippen LogP contribution in [0, 0.1) is 0 Å². The molecule has 2 aromatic heterocycles. The molecular formula is C27H36N6O7S. The quantitative estimate of drug-likeness (QED) is 0.253. The number of fused-ring (bicyclic) bond motifs is 1. The van der Waals surface area contributed by atoms with Crippen LogP contribution in [0.1, 0.15) is 29.5 Å². The third kappa shape index (κ3) is 7.02. The van der Waals surface area contributed by atoms with Crippen molar-refractivity contribution >= 4 is 21.7 Å². The Hall–Kier alpha value is -3.56. The van der Waals surface area contributed by atoms with Gasteiger partial charge in [-0.15, -0.1) is 0 Å². The first-order chi connectivity index (χ1) is 19.7. The molecule has 0 fully saturated rings. The van der Waals surface area contributed by atoms with Gasteiger partial charge >= 0.3 is 6.03 Å². The van der Waals surface area contributed by atoms with Crippen LogP contribution in [-0.2, 0) is 39.4 Å². The zero-order chi connectivity index (χ0) is 29.6. The van der Waals surface area contributed by atoms with E-state index in [9.17, 15) is 18.3 Å². The van der Waals surface area contributed by atoms with Crippen LogP contribution >= 0.6 is 0 Å². The van der Waals surface area contributed by atoms with Gasteiger partial charge in [0.25, 0.3) is 10.0 Å². The Bertz CT molecular complexity index is 1470. The van der Waals surface area contributed by atoms with Gasteiger partial charge in [-0.3, -0.25) is 9.58 Å². The number of benzene rings is 1. The number of hydrogen-bond acceptors (Lipinski definition) is 10. The number of urea groups is 1. The summed E-state index contributed by atoms with van der Waals surface area (Å²) in [5, 5.41) is 17.4. The Balaban J connectivity index is 1.57. The molecule has 13 nitrogen and oxygen atoms in total. The van der Waals surface area contributed by atoms with Crippen molar-refractivity contribution in [1.82, 2.24) is 24.4 Å². The first-order valence-electron chi connectivity index (χ1n) is 13.1. The molecule has 1 aliphatic rings. The summed E-state index contributed by atoms with van der Waals surface area (Å²) in [7, 11) is 1.76. The number of methoxy groups -OCH3 is 3. The van der Waals surface area contributed by atoms with Crippen molar-refractivity contribution in [2.24, 2.45) is 7.05 Å². The second-order valence-corrected chi connectivity index (χ2v) is 11.2. The molecule has 0 bridgehead atoms. The Labute approximate surface area is 239 Å². The van der Waals surface area contributed by atoms with Crippen molar-refractivity contribution in [2.75, 3.05) is 52.9 Å². The average molecular weight is 589 g/mol. The highest BCUT2D eigenvalue weighted by Gasteiger charge is 2.28. The van der Waals surface area contributed by atoms with Crippen LogP contribution in [0.5, 0.6) is 5.88 Å². The predicted octanol–water partition coefficient (Wildman–Crippen LogP) is 2.08. The number of carbonyl (C=O) groups is 1. The van der Waals surface area contributed by atoms with E-state index in [0.717, 1.165) is 36.0 Å². The number of rotatable bonds is 13. The maximum atomic E-state index is 13.2. The summed E-state index contributed by atoms with van der Waals surface area (Å²) >= 11 is 0. The van der Waals surface area contributed by atoms with Gasteiger partial charge in [0.15, 0.2) is 5.03 Å². The monoisotopic (exact) mass is 588 g/mol. The standard InChI is InChI=1S/C27H36N6O7S/c1-32-22(26(34)33(12-14-38-2)13-15-39-3)17-24(30-32)41(36,37)31-27(35)29-25-20-7-5-6-18(20)8-9-21(25)19-10-11-28-23(16-19)40-4/h8-11,16-17,26,34H,5-7,12-15H2,1-4H3,(H2,29,31,35). The van der Waals surface area contributed by atoms with Gasteiger partial charge in [-0.1, -0.05) is 12.1 Å². The van der Waals surface area contributed by atoms with E-state index in [1.165, 1.54) is 24.9 Å². The fourth-order valence-corrected chi connectivity index (χ4v) is 5.75. The van der Waals surface area contributed by atoms with E-state index in [1.807, 2.05) is 12.1 Å². The van der Waals surface area contributed by atoms with E-state index in [-0.39, 0.29) is 5.69 Å². The minimum Gasteiger partial charge on any atom is -0.481 e. The zero-order valence-electron chi connectivity index (χ0n) is 23.6. The van der Waals surface area contributed by atoms with E-state index in [0.29, 0.717) is 43.4 Å². The minimum atomic E-state index is -4.38. The van der Waals surface area contributed by atoms with Gasteiger partial charge < -0.3 is 24.6 Å². The molecule has 1 aromatic carbocycles. The van der Waals surface area contributed by atoms with Gasteiger partial charge in [0.05, 0.1) is 31.7 Å². The maximum Gasteiger partial charge on any atom is 0.333 e. The van der Waals surface area contributed by atoms with E-state index >= 15 is 0 Å². The molecule has 0 saturated heterocycles. The molecule has 2 heterocycles. The van der Waals surface area contributed by atoms with Crippen molar-refractivity contribution in [2.45, 2.75) is 30.5 Å². The van der Waals surface area contributed by atoms with Crippen molar-refractivity contribution in [3.8, 4) is 17.0 Å². The van der Waals surface area contributed by atoms with Gasteiger partial charge in [-0.05, 0) is 42.0 Å². The molecule has 4 rings (SSSR count). The molecule has 1 aliphatic carbocycles. The normalized spacial score (nSPS) is 13.7. The molecule has 2 amide bonds. The van der Waals surface area contributed by atoms with E-state index in [4.69, 9.17) is 14.2 Å². The van der Waals surface area contributed by atoms with E-state index < -0.39 is 27.3 Å². The summed E-state index contributed by atoms with van der Waals surface area (Å²) in [6.07, 6.45) is 2.97. The minimum absolute atomic E-state index is 0.229. The molecule has 1 unspecified atom stereocenters. The highest BCUT2D eigenvalue weighted by molar-refractivity contribution is 7.90. The molecule has 222 valence electrons. The first kappa shape index (κ1) is 30.4. The lowest BCUT2D eigenvalue weighted by molar-refractivity contribution is -0.0282. The molecule has 0 aliphatic heterocycles. The third-order valence-corrected chi connectivity index (χ3v) is 8.15. The van der Waals surface area contributed by atoms with Crippen LogP contribution in [0.4, 0.5) is 10.5 Å². The number of pyridine rings is 1. The average Bonchev–Trinajstić information content (AvgIpc) is 3.60. The van der Waals surface area contributed by atoms with Crippen LogP contribution in [0.15, 0.2) is 41.6 Å². The smallest absolute Gasteiger partial charge is 0.333 e. The number of nitrogens with one attached hydrogen (secondary N) is 2. The number of sulfonamides is 1. The van der Waals surface area contributed by atoms with Crippen LogP contribution in [-0.4, -0.2) is 86.9 Å². The fraction of sp³-hybridized carbons (Fsp3) is 0.444. The van der Waals surface area contributed by atoms with Gasteiger partial charge in [-0.2, -0.15) is 13.5 Å². The summed E-state index contributed by atoms with van der Waals surface area (Å²) in [6.45, 7) is 1.45. The number of ether oxygens (including phenoxy) is 3. The number of aromatic nitrogens is 3. The maximum absolute atomic E-state index is 13.2. The molecule has 14 heteroatoms. The third-order valence-electron chi connectivity index (χ3n) is 6.95. The van der Waals surface area contributed by atoms with Crippen LogP contribution in [0.2, 0.25) is 0 Å². The number of hydrogen-bond donors (Lipinski definition) is 3. The van der Waals surface area contributed by atoms with Crippen molar-refractivity contribution in [1.29, 1.82) is 0 Å². The van der Waals surface area contributed by atoms with Crippen molar-refractivity contribution in [3.05, 3.63) is 53.3 Å². The zero-order valence-corrected chi connectivity index (χ0v) is 24.4. The molecule has 1 atom stereocenters. The topological polar surface area (TPSA) is 157 Å². The second-order valence-electron chi connectivity index (χ2n) is 9.55. The van der Waals surface area contributed by atoms with Crippen LogP contribution in [0.3, 0.4) is 0 Å². The van der Waals surface area contributed by atoms with E-state index in [2.05, 4.69) is 20.1 Å². The highest BCUT2D eigenvalue weighted by atomic mass is 32.2. The molecule has 0 radical (unpaired) electrons. The summed E-state index contributed by atoms with van der Waals surface area (Å²) in [4.78, 5) is 18.9. The number of aryl methyl sites for hydroxylation is 2. The second kappa shape index (κ2) is 13.4. The molecule has 0 saturated carbocycles. The SMILES string of the molecule is COCCN(CCOC)C(O)c1cc(S(=O)(=O)NC(=O)Nc2c(-c3ccnc(OC)c3)ccc3c2CCC3)nn1C. The number of aliphatic hydroxyl groups excluding tert-OH is 1. The van der Waals surface area contributed by atoms with Gasteiger partial charge in [0.2, 0.25) is 5.88 Å².